The molecule has 2 aromatic rings. The van der Waals surface area contributed by atoms with Crippen molar-refractivity contribution in [3.63, 3.8) is 0 Å². The van der Waals surface area contributed by atoms with Gasteiger partial charge in [0.1, 0.15) is 11.5 Å². The first-order chi connectivity index (χ1) is 10.6. The molecular formula is C18H23ClN2O2. The molecule has 4 nitrogen and oxygen atoms in total. The molecule has 2 heterocycles. The first-order valence-corrected chi connectivity index (χ1v) is 7.80. The highest BCUT2D eigenvalue weighted by Crippen LogP contribution is 2.23. The van der Waals surface area contributed by atoms with Crippen LogP contribution in [0.2, 0.25) is 0 Å². The molecule has 1 aliphatic heterocycles. The van der Waals surface area contributed by atoms with Crippen LogP contribution in [0.5, 0.6) is 0 Å². The Hall–Kier alpha value is -1.78. The molecule has 3 rings (SSSR count). The van der Waals surface area contributed by atoms with Crippen molar-refractivity contribution in [2.45, 2.75) is 25.8 Å². The average Bonchev–Trinajstić information content (AvgIpc) is 3.01. The molecule has 1 saturated heterocycles. The van der Waals surface area contributed by atoms with Gasteiger partial charge in [-0.15, -0.1) is 12.4 Å². The second-order valence-corrected chi connectivity index (χ2v) is 5.88. The van der Waals surface area contributed by atoms with Crippen LogP contribution in [0.15, 0.2) is 40.8 Å². The summed E-state index contributed by atoms with van der Waals surface area (Å²) in [6.07, 6.45) is 2.04. The first kappa shape index (κ1) is 17.6. The largest absolute Gasteiger partial charge is 0.461 e. The van der Waals surface area contributed by atoms with Gasteiger partial charge in [0.05, 0.1) is 0 Å². The minimum atomic E-state index is 0. The summed E-state index contributed by atoms with van der Waals surface area (Å²) < 4.78 is 5.61. The molecule has 0 radical (unpaired) electrons. The lowest BCUT2D eigenvalue weighted by Gasteiger charge is -2.31. The molecule has 1 aromatic carbocycles. The number of hydrogen-bond donors (Lipinski definition) is 1. The summed E-state index contributed by atoms with van der Waals surface area (Å²) in [6.45, 7) is 3.90. The van der Waals surface area contributed by atoms with E-state index < -0.39 is 0 Å². The summed E-state index contributed by atoms with van der Waals surface area (Å²) in [5.74, 6) is 1.82. The molecule has 1 amide bonds. The SMILES string of the molecule is Cc1ccc(-c2ccc(C(=O)N(C)C3CCNCC3)cc2)o1.Cl. The summed E-state index contributed by atoms with van der Waals surface area (Å²) in [4.78, 5) is 14.5. The molecule has 1 fully saturated rings. The number of carbonyl (C=O) groups is 1. The summed E-state index contributed by atoms with van der Waals surface area (Å²) in [5.41, 5.74) is 1.72. The number of nitrogens with zero attached hydrogens (tertiary/aromatic N) is 1. The summed E-state index contributed by atoms with van der Waals surface area (Å²) in [6, 6.07) is 11.9. The lowest BCUT2D eigenvalue weighted by molar-refractivity contribution is 0.0703. The van der Waals surface area contributed by atoms with Crippen LogP contribution in [0.25, 0.3) is 11.3 Å². The monoisotopic (exact) mass is 334 g/mol. The van der Waals surface area contributed by atoms with E-state index in [1.165, 1.54) is 0 Å². The maximum absolute atomic E-state index is 12.6. The molecule has 0 unspecified atom stereocenters. The number of rotatable bonds is 3. The van der Waals surface area contributed by atoms with Gasteiger partial charge in [0.25, 0.3) is 5.91 Å². The van der Waals surface area contributed by atoms with Crippen LogP contribution in [-0.4, -0.2) is 37.0 Å². The minimum Gasteiger partial charge on any atom is -0.461 e. The van der Waals surface area contributed by atoms with E-state index >= 15 is 0 Å². The van der Waals surface area contributed by atoms with Crippen LogP contribution >= 0.6 is 12.4 Å². The first-order valence-electron chi connectivity index (χ1n) is 7.80. The van der Waals surface area contributed by atoms with Crippen LogP contribution in [0, 0.1) is 6.92 Å². The minimum absolute atomic E-state index is 0. The zero-order valence-corrected chi connectivity index (χ0v) is 14.4. The quantitative estimate of drug-likeness (QED) is 0.934. The molecule has 0 atom stereocenters. The van der Waals surface area contributed by atoms with Gasteiger partial charge in [-0.2, -0.15) is 0 Å². The Morgan fingerprint density at radius 3 is 2.35 bits per heavy atom. The highest BCUT2D eigenvalue weighted by atomic mass is 35.5. The molecular weight excluding hydrogens is 312 g/mol. The van der Waals surface area contributed by atoms with Gasteiger partial charge in [0.15, 0.2) is 0 Å². The van der Waals surface area contributed by atoms with Gasteiger partial charge in [-0.05, 0) is 57.1 Å². The van der Waals surface area contributed by atoms with E-state index in [2.05, 4.69) is 5.32 Å². The topological polar surface area (TPSA) is 45.5 Å². The second kappa shape index (κ2) is 7.66. The summed E-state index contributed by atoms with van der Waals surface area (Å²) in [7, 11) is 1.90. The predicted molar refractivity (Wildman–Crippen MR) is 94.1 cm³/mol. The number of piperidine rings is 1. The van der Waals surface area contributed by atoms with E-state index in [1.54, 1.807) is 0 Å². The highest BCUT2D eigenvalue weighted by molar-refractivity contribution is 5.94. The fourth-order valence-electron chi connectivity index (χ4n) is 2.93. The number of nitrogens with one attached hydrogen (secondary N) is 1. The van der Waals surface area contributed by atoms with Gasteiger partial charge in [-0.1, -0.05) is 12.1 Å². The van der Waals surface area contributed by atoms with E-state index in [-0.39, 0.29) is 18.3 Å². The van der Waals surface area contributed by atoms with Crippen molar-refractivity contribution in [3.05, 3.63) is 47.7 Å². The Labute approximate surface area is 143 Å². The Bertz CT molecular complexity index is 645. The van der Waals surface area contributed by atoms with Crippen molar-refractivity contribution < 1.29 is 9.21 Å². The van der Waals surface area contributed by atoms with E-state index in [1.807, 2.05) is 55.3 Å². The van der Waals surface area contributed by atoms with Crippen molar-refractivity contribution in [3.8, 4) is 11.3 Å². The number of halogens is 1. The third-order valence-corrected chi connectivity index (χ3v) is 4.33. The van der Waals surface area contributed by atoms with Crippen molar-refractivity contribution in [1.29, 1.82) is 0 Å². The van der Waals surface area contributed by atoms with Gasteiger partial charge in [-0.3, -0.25) is 4.79 Å². The third-order valence-electron chi connectivity index (χ3n) is 4.33. The van der Waals surface area contributed by atoms with Gasteiger partial charge in [-0.25, -0.2) is 0 Å². The number of furan rings is 1. The fraction of sp³-hybridized carbons (Fsp3) is 0.389. The number of aryl methyl sites for hydroxylation is 1. The average molecular weight is 335 g/mol. The van der Waals surface area contributed by atoms with E-state index in [4.69, 9.17) is 4.42 Å². The Kier molecular flexibility index (Phi) is 5.85. The number of benzene rings is 1. The molecule has 0 spiro atoms. The van der Waals surface area contributed by atoms with E-state index in [0.717, 1.165) is 48.6 Å². The van der Waals surface area contributed by atoms with Crippen LogP contribution in [0.4, 0.5) is 0 Å². The van der Waals surface area contributed by atoms with Crippen molar-refractivity contribution >= 4 is 18.3 Å². The number of amides is 1. The summed E-state index contributed by atoms with van der Waals surface area (Å²) in [5, 5.41) is 3.33. The van der Waals surface area contributed by atoms with Crippen molar-refractivity contribution in [1.82, 2.24) is 10.2 Å². The predicted octanol–water partition coefficient (Wildman–Crippen LogP) is 3.50. The maximum atomic E-state index is 12.6. The summed E-state index contributed by atoms with van der Waals surface area (Å²) >= 11 is 0. The van der Waals surface area contributed by atoms with Gasteiger partial charge >= 0.3 is 0 Å². The van der Waals surface area contributed by atoms with E-state index in [0.29, 0.717) is 6.04 Å². The molecule has 124 valence electrons. The lowest BCUT2D eigenvalue weighted by Crippen LogP contribution is -2.43. The van der Waals surface area contributed by atoms with Gasteiger partial charge < -0.3 is 14.6 Å². The Morgan fingerprint density at radius 1 is 1.13 bits per heavy atom. The second-order valence-electron chi connectivity index (χ2n) is 5.88. The molecule has 1 N–H and O–H groups in total. The Balaban J connectivity index is 0.00000192. The molecule has 1 aliphatic rings. The highest BCUT2D eigenvalue weighted by Gasteiger charge is 2.22. The normalized spacial score (nSPS) is 15.0. The molecule has 1 aromatic heterocycles. The molecule has 23 heavy (non-hydrogen) atoms. The van der Waals surface area contributed by atoms with Crippen LogP contribution in [0.1, 0.15) is 29.0 Å². The molecule has 0 aliphatic carbocycles. The standard InChI is InChI=1S/C18H22N2O2.ClH/c1-13-3-8-17(22-13)14-4-6-15(7-5-14)18(21)20(2)16-9-11-19-12-10-16;/h3-8,16,19H,9-12H2,1-2H3;1H. The number of carbonyl (C=O) groups excluding carboxylic acids is 1. The number of hydrogen-bond acceptors (Lipinski definition) is 3. The fourth-order valence-corrected chi connectivity index (χ4v) is 2.93. The van der Waals surface area contributed by atoms with E-state index in [9.17, 15) is 4.79 Å². The molecule has 0 bridgehead atoms. The third kappa shape index (κ3) is 3.95. The maximum Gasteiger partial charge on any atom is 0.253 e. The van der Waals surface area contributed by atoms with Gasteiger partial charge in [0.2, 0.25) is 0 Å². The zero-order valence-electron chi connectivity index (χ0n) is 13.5. The smallest absolute Gasteiger partial charge is 0.253 e. The van der Waals surface area contributed by atoms with Crippen molar-refractivity contribution in [2.24, 2.45) is 0 Å². The Morgan fingerprint density at radius 2 is 1.78 bits per heavy atom. The molecule has 5 heteroatoms. The van der Waals surface area contributed by atoms with Crippen LogP contribution in [0.3, 0.4) is 0 Å². The van der Waals surface area contributed by atoms with Crippen LogP contribution in [-0.2, 0) is 0 Å². The zero-order chi connectivity index (χ0) is 15.5. The van der Waals surface area contributed by atoms with Crippen LogP contribution < -0.4 is 5.32 Å². The van der Waals surface area contributed by atoms with Gasteiger partial charge in [0, 0.05) is 24.2 Å². The molecule has 0 saturated carbocycles. The van der Waals surface area contributed by atoms with Crippen molar-refractivity contribution in [2.75, 3.05) is 20.1 Å². The lowest BCUT2D eigenvalue weighted by atomic mass is 10.0.